The number of carbonyl (C=O) groups excluding carboxylic acids is 3. The molecule has 1 fully saturated rings. The number of nitrogens with zero attached hydrogens (tertiary/aromatic N) is 2. The standard InChI is InChI=1S/C21H22N4O6/c26-19(13-22-21(28)31-14-15-5-2-1-3-6-15)23-20(27)18-7-4-12-24(18)16-8-10-17(11-9-16)25(29)30/h1-3,5-6,8-11,18H,4,7,12-14H2,(H,22,28)(H,23,26,27)/t18-/m0/s1. The highest BCUT2D eigenvalue weighted by atomic mass is 16.6. The van der Waals surface area contributed by atoms with E-state index >= 15 is 0 Å². The zero-order valence-electron chi connectivity index (χ0n) is 16.7. The molecule has 1 heterocycles. The summed E-state index contributed by atoms with van der Waals surface area (Å²) in [4.78, 5) is 48.4. The minimum atomic E-state index is -0.764. The highest BCUT2D eigenvalue weighted by Gasteiger charge is 2.32. The van der Waals surface area contributed by atoms with E-state index in [1.54, 1.807) is 29.2 Å². The molecular formula is C21H22N4O6. The van der Waals surface area contributed by atoms with Gasteiger partial charge in [0.15, 0.2) is 0 Å². The Morgan fingerprint density at radius 3 is 2.48 bits per heavy atom. The number of ether oxygens (including phenoxy) is 1. The zero-order chi connectivity index (χ0) is 22.2. The number of non-ortho nitro benzene ring substituents is 1. The summed E-state index contributed by atoms with van der Waals surface area (Å²) < 4.78 is 5.01. The van der Waals surface area contributed by atoms with Gasteiger partial charge >= 0.3 is 6.09 Å². The molecule has 1 atom stereocenters. The van der Waals surface area contributed by atoms with Crippen LogP contribution in [0.25, 0.3) is 0 Å². The van der Waals surface area contributed by atoms with Gasteiger partial charge in [-0.1, -0.05) is 30.3 Å². The van der Waals surface area contributed by atoms with Crippen molar-refractivity contribution in [3.63, 3.8) is 0 Å². The maximum Gasteiger partial charge on any atom is 0.407 e. The second-order valence-corrected chi connectivity index (χ2v) is 6.95. The van der Waals surface area contributed by atoms with Crippen molar-refractivity contribution >= 4 is 29.3 Å². The van der Waals surface area contributed by atoms with Crippen LogP contribution in [0.15, 0.2) is 54.6 Å². The van der Waals surface area contributed by atoms with Gasteiger partial charge in [0, 0.05) is 24.4 Å². The number of imide groups is 1. The molecule has 10 heteroatoms. The van der Waals surface area contributed by atoms with E-state index in [4.69, 9.17) is 4.74 Å². The summed E-state index contributed by atoms with van der Waals surface area (Å²) in [5.41, 5.74) is 1.44. The SMILES string of the molecule is O=C(CNC(=O)OCc1ccccc1)NC(=O)[C@@H]1CCCN1c1ccc([N+](=O)[O-])cc1. The number of anilines is 1. The molecule has 0 aliphatic carbocycles. The van der Waals surface area contributed by atoms with Crippen LogP contribution in [0, 0.1) is 10.1 Å². The minimum absolute atomic E-state index is 0.0376. The van der Waals surface area contributed by atoms with Crippen LogP contribution in [0.1, 0.15) is 18.4 Å². The maximum atomic E-state index is 12.5. The first-order chi connectivity index (χ1) is 14.9. The van der Waals surface area contributed by atoms with Crippen molar-refractivity contribution in [2.75, 3.05) is 18.0 Å². The van der Waals surface area contributed by atoms with Gasteiger partial charge in [0.2, 0.25) is 11.8 Å². The van der Waals surface area contributed by atoms with E-state index in [2.05, 4.69) is 10.6 Å². The number of amides is 3. The summed E-state index contributed by atoms with van der Waals surface area (Å²) >= 11 is 0. The number of nitro groups is 1. The molecule has 0 unspecified atom stereocenters. The van der Waals surface area contributed by atoms with Gasteiger partial charge < -0.3 is 15.0 Å². The number of hydrogen-bond donors (Lipinski definition) is 2. The molecular weight excluding hydrogens is 404 g/mol. The summed E-state index contributed by atoms with van der Waals surface area (Å²) in [6.45, 7) is 0.261. The molecule has 1 aliphatic rings. The third kappa shape index (κ3) is 6.01. The molecule has 3 rings (SSSR count). The monoisotopic (exact) mass is 426 g/mol. The lowest BCUT2D eigenvalue weighted by Crippen LogP contribution is -2.48. The minimum Gasteiger partial charge on any atom is -0.445 e. The van der Waals surface area contributed by atoms with Crippen LogP contribution in [-0.4, -0.2) is 42.0 Å². The Hall–Kier alpha value is -3.95. The first-order valence-corrected chi connectivity index (χ1v) is 9.73. The van der Waals surface area contributed by atoms with Crippen LogP contribution in [0.3, 0.4) is 0 Å². The summed E-state index contributed by atoms with van der Waals surface area (Å²) in [6, 6.07) is 14.4. The van der Waals surface area contributed by atoms with Gasteiger partial charge in [-0.3, -0.25) is 25.0 Å². The molecule has 0 spiro atoms. The zero-order valence-corrected chi connectivity index (χ0v) is 16.7. The van der Waals surface area contributed by atoms with Gasteiger partial charge in [0.1, 0.15) is 19.2 Å². The average molecular weight is 426 g/mol. The maximum absolute atomic E-state index is 12.5. The first-order valence-electron chi connectivity index (χ1n) is 9.73. The molecule has 0 bridgehead atoms. The molecule has 2 N–H and O–H groups in total. The number of hydrogen-bond acceptors (Lipinski definition) is 7. The quantitative estimate of drug-likeness (QED) is 0.512. The number of alkyl carbamates (subject to hydrolysis) is 1. The largest absolute Gasteiger partial charge is 0.445 e. The van der Waals surface area contributed by atoms with Crippen LogP contribution >= 0.6 is 0 Å². The van der Waals surface area contributed by atoms with Crippen LogP contribution in [-0.2, 0) is 20.9 Å². The van der Waals surface area contributed by atoms with E-state index in [0.717, 1.165) is 12.0 Å². The highest BCUT2D eigenvalue weighted by molar-refractivity contribution is 6.00. The third-order valence-electron chi connectivity index (χ3n) is 4.82. The number of nitro benzene ring substituents is 1. The Bertz CT molecular complexity index is 948. The number of nitrogens with one attached hydrogen (secondary N) is 2. The Kier molecular flexibility index (Phi) is 7.15. The van der Waals surface area contributed by atoms with Crippen molar-refractivity contribution in [2.24, 2.45) is 0 Å². The molecule has 1 aliphatic heterocycles. The Morgan fingerprint density at radius 2 is 1.81 bits per heavy atom. The fourth-order valence-electron chi connectivity index (χ4n) is 3.31. The topological polar surface area (TPSA) is 131 Å². The molecule has 1 saturated heterocycles. The highest BCUT2D eigenvalue weighted by Crippen LogP contribution is 2.27. The summed E-state index contributed by atoms with van der Waals surface area (Å²) in [6.07, 6.45) is 0.524. The lowest BCUT2D eigenvalue weighted by Gasteiger charge is -2.25. The van der Waals surface area contributed by atoms with E-state index in [1.165, 1.54) is 12.1 Å². The molecule has 10 nitrogen and oxygen atoms in total. The van der Waals surface area contributed by atoms with Crippen molar-refractivity contribution in [3.05, 3.63) is 70.3 Å². The Labute approximate surface area is 178 Å². The normalized spacial score (nSPS) is 15.2. The fourth-order valence-corrected chi connectivity index (χ4v) is 3.31. The third-order valence-corrected chi connectivity index (χ3v) is 4.82. The lowest BCUT2D eigenvalue weighted by molar-refractivity contribution is -0.384. The number of rotatable bonds is 7. The fraction of sp³-hybridized carbons (Fsp3) is 0.286. The van der Waals surface area contributed by atoms with Crippen LogP contribution < -0.4 is 15.5 Å². The van der Waals surface area contributed by atoms with Gasteiger partial charge in [-0.2, -0.15) is 0 Å². The summed E-state index contributed by atoms with van der Waals surface area (Å²) in [5, 5.41) is 15.4. The molecule has 0 saturated carbocycles. The number of benzene rings is 2. The molecule has 31 heavy (non-hydrogen) atoms. The lowest BCUT2D eigenvalue weighted by atomic mass is 10.2. The second kappa shape index (κ2) is 10.2. The molecule has 0 radical (unpaired) electrons. The molecule has 3 amide bonds. The van der Waals surface area contributed by atoms with E-state index < -0.39 is 35.4 Å². The summed E-state index contributed by atoms with van der Waals surface area (Å²) in [7, 11) is 0. The van der Waals surface area contributed by atoms with Gasteiger partial charge in [-0.15, -0.1) is 0 Å². The van der Waals surface area contributed by atoms with Crippen molar-refractivity contribution in [1.82, 2.24) is 10.6 Å². The Morgan fingerprint density at radius 1 is 1.10 bits per heavy atom. The van der Waals surface area contributed by atoms with Crippen molar-refractivity contribution in [1.29, 1.82) is 0 Å². The Balaban J connectivity index is 1.46. The van der Waals surface area contributed by atoms with Gasteiger partial charge in [0.25, 0.3) is 5.69 Å². The van der Waals surface area contributed by atoms with Crippen LogP contribution in [0.5, 0.6) is 0 Å². The molecule has 2 aromatic carbocycles. The number of carbonyl (C=O) groups is 3. The van der Waals surface area contributed by atoms with Crippen molar-refractivity contribution in [3.8, 4) is 0 Å². The second-order valence-electron chi connectivity index (χ2n) is 6.95. The first kappa shape index (κ1) is 21.8. The summed E-state index contributed by atoms with van der Waals surface area (Å²) in [5.74, 6) is -1.14. The smallest absolute Gasteiger partial charge is 0.407 e. The molecule has 162 valence electrons. The van der Waals surface area contributed by atoms with Crippen molar-refractivity contribution in [2.45, 2.75) is 25.5 Å². The van der Waals surface area contributed by atoms with E-state index in [-0.39, 0.29) is 12.3 Å². The van der Waals surface area contributed by atoms with E-state index in [1.807, 2.05) is 18.2 Å². The van der Waals surface area contributed by atoms with Gasteiger partial charge in [0.05, 0.1) is 4.92 Å². The van der Waals surface area contributed by atoms with Gasteiger partial charge in [-0.05, 0) is 30.5 Å². The van der Waals surface area contributed by atoms with E-state index in [0.29, 0.717) is 18.7 Å². The van der Waals surface area contributed by atoms with E-state index in [9.17, 15) is 24.5 Å². The van der Waals surface area contributed by atoms with Crippen molar-refractivity contribution < 1.29 is 24.0 Å². The average Bonchev–Trinajstić information content (AvgIpc) is 3.27. The molecule has 2 aromatic rings. The predicted octanol–water partition coefficient (Wildman–Crippen LogP) is 2.13. The van der Waals surface area contributed by atoms with Crippen LogP contribution in [0.4, 0.5) is 16.2 Å². The van der Waals surface area contributed by atoms with Gasteiger partial charge in [-0.25, -0.2) is 4.79 Å². The van der Waals surface area contributed by atoms with Crippen LogP contribution in [0.2, 0.25) is 0 Å². The molecule has 0 aromatic heterocycles. The predicted molar refractivity (Wildman–Crippen MR) is 111 cm³/mol.